The highest BCUT2D eigenvalue weighted by molar-refractivity contribution is 5.94. The maximum absolute atomic E-state index is 13.4. The summed E-state index contributed by atoms with van der Waals surface area (Å²) in [5.41, 5.74) is 3.95. The van der Waals surface area contributed by atoms with Gasteiger partial charge in [-0.1, -0.05) is 0 Å². The number of carbonyl (C=O) groups excluding carboxylic acids is 1. The van der Waals surface area contributed by atoms with E-state index in [1.165, 1.54) is 11.8 Å². The van der Waals surface area contributed by atoms with Crippen LogP contribution in [0.2, 0.25) is 0 Å². The van der Waals surface area contributed by atoms with Crippen molar-refractivity contribution in [3.63, 3.8) is 0 Å². The Morgan fingerprint density at radius 3 is 2.53 bits per heavy atom. The lowest BCUT2D eigenvalue weighted by atomic mass is 10.0. The van der Waals surface area contributed by atoms with Crippen LogP contribution in [0.4, 0.5) is 10.1 Å². The number of halogens is 1. The van der Waals surface area contributed by atoms with Crippen molar-refractivity contribution in [1.29, 1.82) is 0 Å². The first-order valence-electron chi connectivity index (χ1n) is 11.4. The van der Waals surface area contributed by atoms with Crippen LogP contribution < -0.4 is 10.2 Å². The van der Waals surface area contributed by atoms with Crippen LogP contribution in [0.3, 0.4) is 0 Å². The SMILES string of the molecule is O=C(c1ccc(N2CCC(NCc3cc4cc(F)ccc4[nH]3)CC2)cc1)N1CCOCC1. The molecular formula is C25H29FN4O2. The predicted molar refractivity (Wildman–Crippen MR) is 123 cm³/mol. The quantitative estimate of drug-likeness (QED) is 0.642. The Hall–Kier alpha value is -2.90. The Morgan fingerprint density at radius 2 is 1.78 bits per heavy atom. The zero-order chi connectivity index (χ0) is 21.9. The van der Waals surface area contributed by atoms with E-state index in [-0.39, 0.29) is 11.7 Å². The van der Waals surface area contributed by atoms with E-state index in [4.69, 9.17) is 4.74 Å². The molecule has 2 aliphatic heterocycles. The molecule has 0 radical (unpaired) electrons. The zero-order valence-electron chi connectivity index (χ0n) is 18.1. The Morgan fingerprint density at radius 1 is 1.03 bits per heavy atom. The van der Waals surface area contributed by atoms with E-state index in [1.54, 1.807) is 12.1 Å². The van der Waals surface area contributed by atoms with Crippen LogP contribution in [0.1, 0.15) is 28.9 Å². The third kappa shape index (κ3) is 4.64. The van der Waals surface area contributed by atoms with Crippen molar-refractivity contribution in [2.45, 2.75) is 25.4 Å². The van der Waals surface area contributed by atoms with Crippen molar-refractivity contribution >= 4 is 22.5 Å². The largest absolute Gasteiger partial charge is 0.378 e. The lowest BCUT2D eigenvalue weighted by molar-refractivity contribution is 0.0303. The van der Waals surface area contributed by atoms with Gasteiger partial charge < -0.3 is 24.8 Å². The van der Waals surface area contributed by atoms with E-state index in [9.17, 15) is 9.18 Å². The second-order valence-corrected chi connectivity index (χ2v) is 8.62. The summed E-state index contributed by atoms with van der Waals surface area (Å²) in [6.07, 6.45) is 2.12. The van der Waals surface area contributed by atoms with E-state index >= 15 is 0 Å². The fraction of sp³-hybridized carbons (Fsp3) is 0.400. The molecule has 2 fully saturated rings. The molecule has 0 bridgehead atoms. The number of carbonyl (C=O) groups is 1. The van der Waals surface area contributed by atoms with Crippen LogP contribution in [-0.4, -0.2) is 61.2 Å². The molecule has 1 amide bonds. The van der Waals surface area contributed by atoms with Crippen molar-refractivity contribution in [2.75, 3.05) is 44.3 Å². The average molecular weight is 437 g/mol. The van der Waals surface area contributed by atoms with Crippen LogP contribution in [0, 0.1) is 5.82 Å². The predicted octanol–water partition coefficient (Wildman–Crippen LogP) is 3.54. The molecule has 3 heterocycles. The molecule has 2 saturated heterocycles. The normalized spacial score (nSPS) is 17.8. The number of rotatable bonds is 5. The molecular weight excluding hydrogens is 407 g/mol. The van der Waals surface area contributed by atoms with Gasteiger partial charge in [0.05, 0.1) is 13.2 Å². The first kappa shape index (κ1) is 21.0. The Balaban J connectivity index is 1.12. The summed E-state index contributed by atoms with van der Waals surface area (Å²) in [5, 5.41) is 4.54. The maximum atomic E-state index is 13.4. The number of benzene rings is 2. The second-order valence-electron chi connectivity index (χ2n) is 8.62. The summed E-state index contributed by atoms with van der Waals surface area (Å²) >= 11 is 0. The first-order valence-corrected chi connectivity index (χ1v) is 11.4. The molecule has 6 nitrogen and oxygen atoms in total. The number of nitrogens with one attached hydrogen (secondary N) is 2. The highest BCUT2D eigenvalue weighted by Crippen LogP contribution is 2.22. The average Bonchev–Trinajstić information content (AvgIpc) is 3.25. The zero-order valence-corrected chi connectivity index (χ0v) is 18.1. The topological polar surface area (TPSA) is 60.6 Å². The second kappa shape index (κ2) is 9.30. The number of ether oxygens (including phenoxy) is 1. The fourth-order valence-corrected chi connectivity index (χ4v) is 4.62. The van der Waals surface area contributed by atoms with E-state index < -0.39 is 0 Å². The van der Waals surface area contributed by atoms with Crippen molar-refractivity contribution in [1.82, 2.24) is 15.2 Å². The minimum absolute atomic E-state index is 0.0856. The molecule has 168 valence electrons. The van der Waals surface area contributed by atoms with Crippen LogP contribution in [0.5, 0.6) is 0 Å². The van der Waals surface area contributed by atoms with Crippen LogP contribution >= 0.6 is 0 Å². The molecule has 2 N–H and O–H groups in total. The van der Waals surface area contributed by atoms with Crippen molar-refractivity contribution < 1.29 is 13.9 Å². The summed E-state index contributed by atoms with van der Waals surface area (Å²) in [7, 11) is 0. The summed E-state index contributed by atoms with van der Waals surface area (Å²) < 4.78 is 18.7. The third-order valence-corrected chi connectivity index (χ3v) is 6.49. The molecule has 2 aromatic carbocycles. The Bertz CT molecular complexity index is 1070. The first-order chi connectivity index (χ1) is 15.7. The number of H-pyrrole nitrogens is 1. The maximum Gasteiger partial charge on any atom is 0.254 e. The van der Waals surface area contributed by atoms with Gasteiger partial charge in [-0.15, -0.1) is 0 Å². The monoisotopic (exact) mass is 436 g/mol. The molecule has 1 aromatic heterocycles. The summed E-state index contributed by atoms with van der Waals surface area (Å²) in [5.74, 6) is -0.121. The number of anilines is 1. The van der Waals surface area contributed by atoms with Gasteiger partial charge in [0.25, 0.3) is 5.91 Å². The Kier molecular flexibility index (Phi) is 6.10. The fourth-order valence-electron chi connectivity index (χ4n) is 4.62. The van der Waals surface area contributed by atoms with Crippen LogP contribution in [0.15, 0.2) is 48.5 Å². The molecule has 3 aromatic rings. The van der Waals surface area contributed by atoms with Gasteiger partial charge in [0.15, 0.2) is 0 Å². The summed E-state index contributed by atoms with van der Waals surface area (Å²) in [6.45, 7) is 5.27. The lowest BCUT2D eigenvalue weighted by Crippen LogP contribution is -2.42. The van der Waals surface area contributed by atoms with Gasteiger partial charge in [-0.05, 0) is 61.4 Å². The Labute approximate surface area is 187 Å². The number of morpholine rings is 1. The van der Waals surface area contributed by atoms with Gasteiger partial charge in [0, 0.05) is 66.6 Å². The van der Waals surface area contributed by atoms with Gasteiger partial charge in [0.2, 0.25) is 0 Å². The summed E-state index contributed by atoms with van der Waals surface area (Å²) in [6, 6.07) is 15.3. The minimum Gasteiger partial charge on any atom is -0.378 e. The van der Waals surface area contributed by atoms with E-state index in [1.807, 2.05) is 23.1 Å². The van der Waals surface area contributed by atoms with E-state index in [0.717, 1.165) is 54.6 Å². The van der Waals surface area contributed by atoms with E-state index in [0.29, 0.717) is 32.3 Å². The number of hydrogen-bond donors (Lipinski definition) is 2. The standard InChI is InChI=1S/C25H29FN4O2/c26-20-3-6-24-19(15-20)16-22(28-24)17-27-21-7-9-29(10-8-21)23-4-1-18(2-5-23)25(31)30-11-13-32-14-12-30/h1-6,15-16,21,27-28H,7-14,17H2. The number of hydrogen-bond acceptors (Lipinski definition) is 4. The molecule has 32 heavy (non-hydrogen) atoms. The highest BCUT2D eigenvalue weighted by Gasteiger charge is 2.21. The molecule has 7 heteroatoms. The number of fused-ring (bicyclic) bond motifs is 1. The van der Waals surface area contributed by atoms with Crippen LogP contribution in [0.25, 0.3) is 10.9 Å². The number of amides is 1. The number of aromatic nitrogens is 1. The van der Waals surface area contributed by atoms with Gasteiger partial charge in [-0.2, -0.15) is 0 Å². The van der Waals surface area contributed by atoms with Gasteiger partial charge in [-0.25, -0.2) is 4.39 Å². The van der Waals surface area contributed by atoms with Gasteiger partial charge in [-0.3, -0.25) is 4.79 Å². The summed E-state index contributed by atoms with van der Waals surface area (Å²) in [4.78, 5) is 20.2. The number of nitrogens with zero attached hydrogens (tertiary/aromatic N) is 2. The smallest absolute Gasteiger partial charge is 0.254 e. The molecule has 0 spiro atoms. The number of aromatic amines is 1. The van der Waals surface area contributed by atoms with E-state index in [2.05, 4.69) is 27.3 Å². The highest BCUT2D eigenvalue weighted by atomic mass is 19.1. The molecule has 0 atom stereocenters. The van der Waals surface area contributed by atoms with Crippen molar-refractivity contribution in [2.24, 2.45) is 0 Å². The van der Waals surface area contributed by atoms with Crippen LogP contribution in [-0.2, 0) is 11.3 Å². The van der Waals surface area contributed by atoms with Gasteiger partial charge >= 0.3 is 0 Å². The van der Waals surface area contributed by atoms with Crippen molar-refractivity contribution in [3.05, 3.63) is 65.6 Å². The third-order valence-electron chi connectivity index (χ3n) is 6.49. The molecule has 5 rings (SSSR count). The van der Waals surface area contributed by atoms with Crippen molar-refractivity contribution in [3.8, 4) is 0 Å². The molecule has 2 aliphatic rings. The number of piperidine rings is 1. The molecule has 0 saturated carbocycles. The molecule has 0 aliphatic carbocycles. The van der Waals surface area contributed by atoms with Gasteiger partial charge in [0.1, 0.15) is 5.82 Å². The molecule has 0 unspecified atom stereocenters. The lowest BCUT2D eigenvalue weighted by Gasteiger charge is -2.34. The minimum atomic E-state index is -0.207.